The first kappa shape index (κ1) is 17.8. The van der Waals surface area contributed by atoms with Crippen molar-refractivity contribution < 1.29 is 27.5 Å². The molecule has 0 radical (unpaired) electrons. The number of aryl methyl sites for hydroxylation is 1. The lowest BCUT2D eigenvalue weighted by Gasteiger charge is -2.29. The summed E-state index contributed by atoms with van der Waals surface area (Å²) in [5.41, 5.74) is -4.38. The van der Waals surface area contributed by atoms with Crippen LogP contribution in [0.3, 0.4) is 0 Å². The zero-order chi connectivity index (χ0) is 17.6. The maximum Gasteiger partial charge on any atom is 0.443 e. The summed E-state index contributed by atoms with van der Waals surface area (Å²) in [5, 5.41) is 0. The normalized spacial score (nSPS) is 21.3. The average Bonchev–Trinajstić information content (AvgIpc) is 2.60. The SMILES string of the molecule is Cc1ccc2c(c1)C(=O)C(SC(F)(F)F)(C(=O)OC(C)(C)C)C2. The number of esters is 1. The summed E-state index contributed by atoms with van der Waals surface area (Å²) in [6.07, 6.45) is -0.319. The van der Waals surface area contributed by atoms with Crippen LogP contribution in [-0.2, 0) is 16.0 Å². The number of benzene rings is 1. The number of rotatable bonds is 2. The van der Waals surface area contributed by atoms with Crippen LogP contribution < -0.4 is 0 Å². The van der Waals surface area contributed by atoms with Gasteiger partial charge in [0.25, 0.3) is 0 Å². The molecule has 0 N–H and O–H groups in total. The molecule has 23 heavy (non-hydrogen) atoms. The minimum Gasteiger partial charge on any atom is -0.459 e. The number of Topliss-reactive ketones (excluding diaryl/α,β-unsaturated/α-hetero) is 1. The predicted molar refractivity (Wildman–Crippen MR) is 81.4 cm³/mol. The molecule has 3 nitrogen and oxygen atoms in total. The molecule has 0 spiro atoms. The Hall–Kier alpha value is -1.50. The Labute approximate surface area is 136 Å². The van der Waals surface area contributed by atoms with Gasteiger partial charge in [0, 0.05) is 12.0 Å². The van der Waals surface area contributed by atoms with E-state index in [1.807, 2.05) is 0 Å². The van der Waals surface area contributed by atoms with Crippen LogP contribution in [0.2, 0.25) is 0 Å². The van der Waals surface area contributed by atoms with Crippen LogP contribution >= 0.6 is 11.8 Å². The van der Waals surface area contributed by atoms with Gasteiger partial charge < -0.3 is 4.74 Å². The van der Waals surface area contributed by atoms with Crippen LogP contribution in [0.5, 0.6) is 0 Å². The van der Waals surface area contributed by atoms with Crippen molar-refractivity contribution in [1.29, 1.82) is 0 Å². The third kappa shape index (κ3) is 3.71. The van der Waals surface area contributed by atoms with Gasteiger partial charge in [-0.2, -0.15) is 13.2 Å². The Balaban J connectivity index is 2.49. The Bertz CT molecular complexity index is 662. The van der Waals surface area contributed by atoms with Crippen molar-refractivity contribution in [3.63, 3.8) is 0 Å². The first-order chi connectivity index (χ1) is 10.3. The van der Waals surface area contributed by atoms with E-state index in [9.17, 15) is 22.8 Å². The molecule has 126 valence electrons. The van der Waals surface area contributed by atoms with Crippen molar-refractivity contribution in [3.05, 3.63) is 34.9 Å². The van der Waals surface area contributed by atoms with E-state index >= 15 is 0 Å². The van der Waals surface area contributed by atoms with E-state index in [1.54, 1.807) is 39.8 Å². The minimum atomic E-state index is -4.73. The summed E-state index contributed by atoms with van der Waals surface area (Å²) < 4.78 is 41.9. The molecule has 0 amide bonds. The molecule has 1 aliphatic carbocycles. The summed E-state index contributed by atoms with van der Waals surface area (Å²) in [6, 6.07) is 4.81. The van der Waals surface area contributed by atoms with E-state index in [1.165, 1.54) is 6.07 Å². The van der Waals surface area contributed by atoms with Gasteiger partial charge in [-0.25, -0.2) is 0 Å². The number of hydrogen-bond donors (Lipinski definition) is 0. The highest BCUT2D eigenvalue weighted by Crippen LogP contribution is 2.49. The van der Waals surface area contributed by atoms with Crippen LogP contribution in [0.1, 0.15) is 42.3 Å². The largest absolute Gasteiger partial charge is 0.459 e. The molecule has 1 aromatic rings. The molecule has 0 bridgehead atoms. The number of thioether (sulfide) groups is 1. The fraction of sp³-hybridized carbons (Fsp3) is 0.500. The number of carbonyl (C=O) groups excluding carboxylic acids is 2. The summed E-state index contributed by atoms with van der Waals surface area (Å²) in [7, 11) is 0. The number of ether oxygens (including phenoxy) is 1. The molecular weight excluding hydrogens is 329 g/mol. The Morgan fingerprint density at radius 1 is 1.26 bits per heavy atom. The van der Waals surface area contributed by atoms with Gasteiger partial charge in [-0.3, -0.25) is 9.59 Å². The van der Waals surface area contributed by atoms with Crippen molar-refractivity contribution in [3.8, 4) is 0 Å². The highest BCUT2D eigenvalue weighted by Gasteiger charge is 2.59. The van der Waals surface area contributed by atoms with Gasteiger partial charge in [-0.1, -0.05) is 17.7 Å². The molecule has 0 saturated heterocycles. The van der Waals surface area contributed by atoms with Crippen LogP contribution in [0.25, 0.3) is 0 Å². The average molecular weight is 346 g/mol. The molecule has 1 aromatic carbocycles. The maximum absolute atomic E-state index is 13.0. The highest BCUT2D eigenvalue weighted by molar-refractivity contribution is 8.03. The van der Waals surface area contributed by atoms with Gasteiger partial charge in [0.1, 0.15) is 5.60 Å². The summed E-state index contributed by atoms with van der Waals surface area (Å²) in [6.45, 7) is 6.38. The third-order valence-corrected chi connectivity index (χ3v) is 4.41. The molecule has 0 aromatic heterocycles. The molecule has 0 heterocycles. The Morgan fingerprint density at radius 2 is 1.87 bits per heavy atom. The molecule has 2 rings (SSSR count). The zero-order valence-corrected chi connectivity index (χ0v) is 14.0. The van der Waals surface area contributed by atoms with E-state index in [0.29, 0.717) is 5.56 Å². The van der Waals surface area contributed by atoms with Gasteiger partial charge in [0.15, 0.2) is 10.5 Å². The lowest BCUT2D eigenvalue weighted by molar-refractivity contribution is -0.156. The van der Waals surface area contributed by atoms with Gasteiger partial charge in [-0.05, 0) is 51.1 Å². The van der Waals surface area contributed by atoms with Crippen LogP contribution in [0, 0.1) is 6.92 Å². The van der Waals surface area contributed by atoms with Crippen molar-refractivity contribution in [2.45, 2.75) is 50.0 Å². The molecule has 1 atom stereocenters. The first-order valence-electron chi connectivity index (χ1n) is 6.99. The summed E-state index contributed by atoms with van der Waals surface area (Å²) in [4.78, 5) is 25.1. The number of hydrogen-bond acceptors (Lipinski definition) is 4. The lowest BCUT2D eigenvalue weighted by Crippen LogP contribution is -2.47. The molecular formula is C16H17F3O3S. The van der Waals surface area contributed by atoms with E-state index in [4.69, 9.17) is 4.74 Å². The molecule has 1 aliphatic rings. The highest BCUT2D eigenvalue weighted by atomic mass is 32.2. The van der Waals surface area contributed by atoms with Gasteiger partial charge in [-0.15, -0.1) is 0 Å². The number of alkyl halides is 3. The second-order valence-corrected chi connectivity index (χ2v) is 7.91. The Morgan fingerprint density at radius 3 is 2.39 bits per heavy atom. The third-order valence-electron chi connectivity index (χ3n) is 3.33. The molecule has 0 fully saturated rings. The van der Waals surface area contributed by atoms with Crippen LogP contribution in [-0.4, -0.2) is 27.6 Å². The van der Waals surface area contributed by atoms with E-state index < -0.39 is 39.4 Å². The van der Waals surface area contributed by atoms with Gasteiger partial charge in [0.05, 0.1) is 0 Å². The summed E-state index contributed by atoms with van der Waals surface area (Å²) in [5.74, 6) is -1.99. The first-order valence-corrected chi connectivity index (χ1v) is 7.80. The smallest absolute Gasteiger partial charge is 0.443 e. The van der Waals surface area contributed by atoms with Crippen LogP contribution in [0.15, 0.2) is 18.2 Å². The maximum atomic E-state index is 13.0. The quantitative estimate of drug-likeness (QED) is 0.598. The van der Waals surface area contributed by atoms with E-state index in [0.717, 1.165) is 5.56 Å². The second kappa shape index (κ2) is 5.54. The molecule has 0 aliphatic heterocycles. The molecule has 1 unspecified atom stereocenters. The number of halogens is 3. The van der Waals surface area contributed by atoms with Gasteiger partial charge >= 0.3 is 11.5 Å². The fourth-order valence-corrected chi connectivity index (χ4v) is 3.42. The molecule has 0 saturated carbocycles. The Kier molecular flexibility index (Phi) is 4.30. The number of fused-ring (bicyclic) bond motifs is 1. The number of ketones is 1. The zero-order valence-electron chi connectivity index (χ0n) is 13.2. The monoisotopic (exact) mass is 346 g/mol. The van der Waals surface area contributed by atoms with E-state index in [-0.39, 0.29) is 12.0 Å². The summed E-state index contributed by atoms with van der Waals surface area (Å²) >= 11 is -0.593. The standard InChI is InChI=1S/C16H17F3O3S/c1-9-5-6-10-8-15(23-16(17,18)19,12(20)11(10)7-9)13(21)22-14(2,3)4/h5-7H,8H2,1-4H3. The predicted octanol–water partition coefficient (Wildman–Crippen LogP) is 4.07. The minimum absolute atomic E-state index is 0.160. The van der Waals surface area contributed by atoms with Gasteiger partial charge in [0.2, 0.25) is 0 Å². The van der Waals surface area contributed by atoms with Crippen LogP contribution in [0.4, 0.5) is 13.2 Å². The molecule has 7 heteroatoms. The van der Waals surface area contributed by atoms with E-state index in [2.05, 4.69) is 0 Å². The fourth-order valence-electron chi connectivity index (χ4n) is 2.47. The van der Waals surface area contributed by atoms with Crippen molar-refractivity contribution >= 4 is 23.5 Å². The number of carbonyl (C=O) groups is 2. The van der Waals surface area contributed by atoms with Crippen molar-refractivity contribution in [2.24, 2.45) is 0 Å². The second-order valence-electron chi connectivity index (χ2n) is 6.54. The topological polar surface area (TPSA) is 43.4 Å². The lowest BCUT2D eigenvalue weighted by atomic mass is 10.0. The van der Waals surface area contributed by atoms with Crippen molar-refractivity contribution in [2.75, 3.05) is 0 Å². The van der Waals surface area contributed by atoms with Crippen molar-refractivity contribution in [1.82, 2.24) is 0 Å².